The second-order valence-corrected chi connectivity index (χ2v) is 4.49. The zero-order valence-electron chi connectivity index (χ0n) is 8.50. The molecule has 1 aliphatic rings. The molecule has 0 saturated heterocycles. The lowest BCUT2D eigenvalue weighted by Gasteiger charge is -2.12. The molecule has 1 aliphatic heterocycles. The molecular formula is C12H10BrFO2. The van der Waals surface area contributed by atoms with Gasteiger partial charge in [-0.3, -0.25) is 4.79 Å². The number of halogens is 2. The van der Waals surface area contributed by atoms with Gasteiger partial charge >= 0.3 is 0 Å². The Kier molecular flexibility index (Phi) is 3.39. The van der Waals surface area contributed by atoms with E-state index in [4.69, 9.17) is 4.74 Å². The van der Waals surface area contributed by atoms with E-state index >= 15 is 0 Å². The summed E-state index contributed by atoms with van der Waals surface area (Å²) in [7, 11) is 0. The van der Waals surface area contributed by atoms with Gasteiger partial charge in [-0.25, -0.2) is 4.39 Å². The predicted octanol–water partition coefficient (Wildman–Crippen LogP) is 3.47. The van der Waals surface area contributed by atoms with Crippen molar-refractivity contribution in [3.63, 3.8) is 0 Å². The molecule has 0 saturated carbocycles. The van der Waals surface area contributed by atoms with Crippen LogP contribution in [0, 0.1) is 5.82 Å². The van der Waals surface area contributed by atoms with Crippen molar-refractivity contribution in [1.82, 2.24) is 0 Å². The van der Waals surface area contributed by atoms with Gasteiger partial charge in [0.15, 0.2) is 5.78 Å². The van der Waals surface area contributed by atoms with Crippen molar-refractivity contribution in [2.75, 3.05) is 6.61 Å². The third-order valence-corrected chi connectivity index (χ3v) is 2.89. The molecule has 4 heteroatoms. The van der Waals surface area contributed by atoms with Crippen LogP contribution >= 0.6 is 15.9 Å². The minimum atomic E-state index is -0.508. The molecule has 0 unspecified atom stereocenters. The Morgan fingerprint density at radius 2 is 2.25 bits per heavy atom. The molecule has 0 radical (unpaired) electrons. The van der Waals surface area contributed by atoms with Crippen LogP contribution in [0.15, 0.2) is 34.5 Å². The number of benzene rings is 1. The molecule has 0 spiro atoms. The molecule has 1 heterocycles. The Labute approximate surface area is 101 Å². The van der Waals surface area contributed by atoms with Crippen molar-refractivity contribution in [2.24, 2.45) is 0 Å². The van der Waals surface area contributed by atoms with E-state index in [1.807, 2.05) is 0 Å². The molecule has 1 aromatic rings. The molecule has 84 valence electrons. The van der Waals surface area contributed by atoms with Crippen LogP contribution in [0.25, 0.3) is 0 Å². The van der Waals surface area contributed by atoms with Crippen molar-refractivity contribution < 1.29 is 13.9 Å². The summed E-state index contributed by atoms with van der Waals surface area (Å²) in [4.78, 5) is 11.9. The zero-order chi connectivity index (χ0) is 11.5. The van der Waals surface area contributed by atoms with E-state index in [1.54, 1.807) is 6.07 Å². The molecule has 1 aromatic carbocycles. The highest BCUT2D eigenvalue weighted by Crippen LogP contribution is 2.21. The number of carbonyl (C=O) groups excluding carboxylic acids is 1. The summed E-state index contributed by atoms with van der Waals surface area (Å²) in [5, 5.41) is 0. The van der Waals surface area contributed by atoms with Gasteiger partial charge < -0.3 is 4.74 Å². The third kappa shape index (κ3) is 2.32. The van der Waals surface area contributed by atoms with E-state index < -0.39 is 5.82 Å². The van der Waals surface area contributed by atoms with Gasteiger partial charge in [0.25, 0.3) is 0 Å². The Morgan fingerprint density at radius 3 is 2.88 bits per heavy atom. The summed E-state index contributed by atoms with van der Waals surface area (Å²) < 4.78 is 19.2. The van der Waals surface area contributed by atoms with E-state index in [9.17, 15) is 9.18 Å². The topological polar surface area (TPSA) is 26.3 Å². The van der Waals surface area contributed by atoms with Crippen LogP contribution in [0.2, 0.25) is 0 Å². The summed E-state index contributed by atoms with van der Waals surface area (Å²) in [5.41, 5.74) is 0.632. The molecule has 0 bridgehead atoms. The summed E-state index contributed by atoms with van der Waals surface area (Å²) in [6.07, 6.45) is 2.89. The van der Waals surface area contributed by atoms with Crippen molar-refractivity contribution in [3.05, 3.63) is 45.9 Å². The Morgan fingerprint density at radius 1 is 1.44 bits per heavy atom. The Balaban J connectivity index is 2.30. The summed E-state index contributed by atoms with van der Waals surface area (Å²) in [6, 6.07) is 4.43. The molecule has 16 heavy (non-hydrogen) atoms. The van der Waals surface area contributed by atoms with E-state index in [0.717, 1.165) is 6.42 Å². The standard InChI is InChI=1S/C12H10BrFO2/c13-9-3-4-10(11(14)6-9)12(15)8-2-1-5-16-7-8/h3-4,6-7H,1-2,5H2. The van der Waals surface area contributed by atoms with E-state index in [1.165, 1.54) is 18.4 Å². The maximum atomic E-state index is 13.5. The Hall–Kier alpha value is -1.16. The van der Waals surface area contributed by atoms with Crippen molar-refractivity contribution in [3.8, 4) is 0 Å². The zero-order valence-corrected chi connectivity index (χ0v) is 10.1. The fourth-order valence-electron chi connectivity index (χ4n) is 1.58. The minimum absolute atomic E-state index is 0.0972. The van der Waals surface area contributed by atoms with Gasteiger partial charge in [0, 0.05) is 10.0 Å². The van der Waals surface area contributed by atoms with Crippen LogP contribution in [0.5, 0.6) is 0 Å². The fraction of sp³-hybridized carbons (Fsp3) is 0.250. The first-order valence-corrected chi connectivity index (χ1v) is 5.78. The summed E-state index contributed by atoms with van der Waals surface area (Å²) in [6.45, 7) is 0.625. The largest absolute Gasteiger partial charge is 0.501 e. The van der Waals surface area contributed by atoms with Gasteiger partial charge in [-0.1, -0.05) is 15.9 Å². The Bertz CT molecular complexity index is 454. The first kappa shape index (κ1) is 11.3. The summed E-state index contributed by atoms with van der Waals surface area (Å²) in [5.74, 6) is -0.796. The smallest absolute Gasteiger partial charge is 0.195 e. The molecule has 2 nitrogen and oxygen atoms in total. The second kappa shape index (κ2) is 4.78. The lowest BCUT2D eigenvalue weighted by molar-refractivity contribution is 0.101. The number of ketones is 1. The number of hydrogen-bond acceptors (Lipinski definition) is 2. The second-order valence-electron chi connectivity index (χ2n) is 3.57. The van der Waals surface area contributed by atoms with Gasteiger partial charge in [-0.15, -0.1) is 0 Å². The van der Waals surface area contributed by atoms with Gasteiger partial charge in [-0.05, 0) is 31.0 Å². The highest BCUT2D eigenvalue weighted by Gasteiger charge is 2.18. The quantitative estimate of drug-likeness (QED) is 0.778. The van der Waals surface area contributed by atoms with Crippen molar-refractivity contribution in [1.29, 1.82) is 0 Å². The van der Waals surface area contributed by atoms with E-state index in [0.29, 0.717) is 23.1 Å². The normalized spacial score (nSPS) is 15.2. The van der Waals surface area contributed by atoms with Crippen LogP contribution < -0.4 is 0 Å². The number of ether oxygens (including phenoxy) is 1. The monoisotopic (exact) mass is 284 g/mol. The van der Waals surface area contributed by atoms with Gasteiger partial charge in [-0.2, -0.15) is 0 Å². The number of allylic oxidation sites excluding steroid dienone is 1. The molecular weight excluding hydrogens is 275 g/mol. The van der Waals surface area contributed by atoms with Crippen LogP contribution in [-0.2, 0) is 4.74 Å². The number of rotatable bonds is 2. The number of carbonyl (C=O) groups is 1. The fourth-order valence-corrected chi connectivity index (χ4v) is 1.91. The maximum Gasteiger partial charge on any atom is 0.195 e. The van der Waals surface area contributed by atoms with E-state index in [2.05, 4.69) is 15.9 Å². The SMILES string of the molecule is O=C(C1=COCCC1)c1ccc(Br)cc1F. The molecule has 0 amide bonds. The van der Waals surface area contributed by atoms with Crippen LogP contribution in [0.4, 0.5) is 4.39 Å². The van der Waals surface area contributed by atoms with Crippen molar-refractivity contribution in [2.45, 2.75) is 12.8 Å². The van der Waals surface area contributed by atoms with Crippen LogP contribution in [0.3, 0.4) is 0 Å². The van der Waals surface area contributed by atoms with Gasteiger partial charge in [0.05, 0.1) is 18.4 Å². The van der Waals surface area contributed by atoms with E-state index in [-0.39, 0.29) is 11.3 Å². The lowest BCUT2D eigenvalue weighted by Crippen LogP contribution is -2.10. The molecule has 0 N–H and O–H groups in total. The predicted molar refractivity (Wildman–Crippen MR) is 61.7 cm³/mol. The maximum absolute atomic E-state index is 13.5. The highest BCUT2D eigenvalue weighted by atomic mass is 79.9. The third-order valence-electron chi connectivity index (χ3n) is 2.40. The number of Topliss-reactive ketones (excluding diaryl/α,β-unsaturated/α-hetero) is 1. The van der Waals surface area contributed by atoms with Crippen LogP contribution in [-0.4, -0.2) is 12.4 Å². The number of hydrogen-bond donors (Lipinski definition) is 0. The van der Waals surface area contributed by atoms with Gasteiger partial charge in [0.1, 0.15) is 5.82 Å². The van der Waals surface area contributed by atoms with Gasteiger partial charge in [0.2, 0.25) is 0 Å². The minimum Gasteiger partial charge on any atom is -0.501 e. The van der Waals surface area contributed by atoms with Crippen molar-refractivity contribution >= 4 is 21.7 Å². The van der Waals surface area contributed by atoms with Crippen LogP contribution in [0.1, 0.15) is 23.2 Å². The molecule has 0 aromatic heterocycles. The molecule has 0 aliphatic carbocycles. The molecule has 0 fully saturated rings. The first-order valence-electron chi connectivity index (χ1n) is 4.99. The summed E-state index contributed by atoms with van der Waals surface area (Å²) >= 11 is 3.15. The highest BCUT2D eigenvalue weighted by molar-refractivity contribution is 9.10. The average molecular weight is 285 g/mol. The molecule has 2 rings (SSSR count). The average Bonchev–Trinajstić information content (AvgIpc) is 2.29. The first-order chi connectivity index (χ1) is 7.68. The lowest BCUT2D eigenvalue weighted by atomic mass is 9.99. The molecule has 0 atom stereocenters.